The molecular weight excluding hydrogens is 468 g/mol. The molecule has 4 aromatic rings. The highest BCUT2D eigenvalue weighted by Crippen LogP contribution is 2.31. The Morgan fingerprint density at radius 3 is 2.44 bits per heavy atom. The number of hydrogen-bond acceptors (Lipinski definition) is 7. The molecule has 2 aromatic heterocycles. The Morgan fingerprint density at radius 2 is 1.81 bits per heavy atom. The smallest absolute Gasteiger partial charge is 0.234 e. The maximum absolute atomic E-state index is 12.6. The van der Waals surface area contributed by atoms with Crippen LogP contribution >= 0.6 is 34.7 Å². The molecule has 0 saturated heterocycles. The maximum atomic E-state index is 12.6. The zero-order valence-corrected chi connectivity index (χ0v) is 19.6. The number of carbonyl (C=O) groups is 1. The number of carbonyl (C=O) groups excluding carboxylic acids is 1. The number of nitrogens with one attached hydrogen (secondary N) is 1. The molecule has 2 heterocycles. The van der Waals surface area contributed by atoms with Crippen molar-refractivity contribution in [2.24, 2.45) is 0 Å². The number of ether oxygens (including phenoxy) is 2. The van der Waals surface area contributed by atoms with E-state index in [0.717, 1.165) is 10.6 Å². The fourth-order valence-corrected chi connectivity index (χ4v) is 4.53. The number of aromatic nitrogens is 3. The molecular formula is C22H19ClN4O3S2. The highest BCUT2D eigenvalue weighted by Gasteiger charge is 2.18. The molecule has 0 spiro atoms. The number of thiophene rings is 1. The number of nitrogens with zero attached hydrogens (tertiary/aromatic N) is 3. The molecule has 0 aliphatic carbocycles. The number of hydrogen-bond donors (Lipinski definition) is 1. The molecule has 0 atom stereocenters. The Kier molecular flexibility index (Phi) is 6.99. The molecule has 32 heavy (non-hydrogen) atoms. The number of thioether (sulfide) groups is 1. The van der Waals surface area contributed by atoms with Crippen LogP contribution in [0.4, 0.5) is 5.69 Å². The van der Waals surface area contributed by atoms with E-state index in [1.807, 2.05) is 46.3 Å². The lowest BCUT2D eigenvalue weighted by molar-refractivity contribution is -0.113. The third-order valence-electron chi connectivity index (χ3n) is 4.43. The van der Waals surface area contributed by atoms with Gasteiger partial charge < -0.3 is 14.8 Å². The minimum atomic E-state index is -0.186. The molecule has 7 nitrogen and oxygen atoms in total. The Morgan fingerprint density at radius 1 is 1.09 bits per heavy atom. The van der Waals surface area contributed by atoms with Crippen LogP contribution < -0.4 is 14.8 Å². The average Bonchev–Trinajstić information content (AvgIpc) is 3.48. The first-order valence-electron chi connectivity index (χ1n) is 9.48. The second-order valence-corrected chi connectivity index (χ2v) is 8.86. The maximum Gasteiger partial charge on any atom is 0.234 e. The van der Waals surface area contributed by atoms with Gasteiger partial charge in [0.05, 0.1) is 24.8 Å². The standard InChI is InChI=1S/C22H19ClN4O3S2/c1-29-17-10-15(11-18(12-17)30-2)24-20(28)13-32-22-26-25-21(19-4-3-9-31-19)27(22)16-7-5-14(23)6-8-16/h3-12H,13H2,1-2H3,(H,24,28). The summed E-state index contributed by atoms with van der Waals surface area (Å²) in [7, 11) is 3.12. The van der Waals surface area contributed by atoms with Crippen molar-refractivity contribution < 1.29 is 14.3 Å². The van der Waals surface area contributed by atoms with E-state index in [4.69, 9.17) is 21.1 Å². The van der Waals surface area contributed by atoms with Crippen LogP contribution in [0.25, 0.3) is 16.4 Å². The normalized spacial score (nSPS) is 10.7. The molecule has 0 saturated carbocycles. The van der Waals surface area contributed by atoms with Crippen molar-refractivity contribution in [3.63, 3.8) is 0 Å². The van der Waals surface area contributed by atoms with E-state index in [1.165, 1.54) is 11.8 Å². The van der Waals surface area contributed by atoms with E-state index >= 15 is 0 Å². The van der Waals surface area contributed by atoms with Crippen molar-refractivity contribution in [1.29, 1.82) is 0 Å². The predicted octanol–water partition coefficient (Wildman–Crippen LogP) is 5.40. The fraction of sp³-hybridized carbons (Fsp3) is 0.136. The first kappa shape index (κ1) is 22.2. The third-order valence-corrected chi connectivity index (χ3v) is 6.47. The van der Waals surface area contributed by atoms with Gasteiger partial charge in [-0.1, -0.05) is 29.4 Å². The molecule has 4 rings (SSSR count). The largest absolute Gasteiger partial charge is 0.497 e. The van der Waals surface area contributed by atoms with Crippen molar-refractivity contribution in [2.45, 2.75) is 5.16 Å². The predicted molar refractivity (Wildman–Crippen MR) is 129 cm³/mol. The first-order chi connectivity index (χ1) is 15.6. The lowest BCUT2D eigenvalue weighted by Gasteiger charge is -2.11. The van der Waals surface area contributed by atoms with E-state index in [2.05, 4.69) is 15.5 Å². The van der Waals surface area contributed by atoms with Crippen LogP contribution in [-0.4, -0.2) is 40.6 Å². The Balaban J connectivity index is 1.55. The van der Waals surface area contributed by atoms with Crippen LogP contribution in [0.5, 0.6) is 11.5 Å². The van der Waals surface area contributed by atoms with E-state index in [-0.39, 0.29) is 11.7 Å². The minimum Gasteiger partial charge on any atom is -0.497 e. The van der Waals surface area contributed by atoms with Gasteiger partial charge in [0.15, 0.2) is 11.0 Å². The van der Waals surface area contributed by atoms with Gasteiger partial charge in [0.1, 0.15) is 11.5 Å². The number of halogens is 1. The summed E-state index contributed by atoms with van der Waals surface area (Å²) >= 11 is 8.93. The first-order valence-corrected chi connectivity index (χ1v) is 11.7. The lowest BCUT2D eigenvalue weighted by Crippen LogP contribution is -2.14. The molecule has 10 heteroatoms. The van der Waals surface area contributed by atoms with Crippen LogP contribution in [0.15, 0.2) is 65.1 Å². The third kappa shape index (κ3) is 5.07. The lowest BCUT2D eigenvalue weighted by atomic mass is 10.2. The number of methoxy groups -OCH3 is 2. The van der Waals surface area contributed by atoms with Gasteiger partial charge in [-0.3, -0.25) is 9.36 Å². The summed E-state index contributed by atoms with van der Waals surface area (Å²) < 4.78 is 12.4. The zero-order valence-electron chi connectivity index (χ0n) is 17.2. The van der Waals surface area contributed by atoms with Gasteiger partial charge in [0.2, 0.25) is 5.91 Å². The molecule has 0 radical (unpaired) electrons. The van der Waals surface area contributed by atoms with E-state index in [0.29, 0.717) is 33.2 Å². The number of amides is 1. The summed E-state index contributed by atoms with van der Waals surface area (Å²) in [5.74, 6) is 1.86. The highest BCUT2D eigenvalue weighted by molar-refractivity contribution is 7.99. The summed E-state index contributed by atoms with van der Waals surface area (Å²) in [6.07, 6.45) is 0. The molecule has 0 aliphatic rings. The van der Waals surface area contributed by atoms with E-state index < -0.39 is 0 Å². The topological polar surface area (TPSA) is 78.3 Å². The highest BCUT2D eigenvalue weighted by atomic mass is 35.5. The Labute approximate surface area is 198 Å². The van der Waals surface area contributed by atoms with Gasteiger partial charge >= 0.3 is 0 Å². The monoisotopic (exact) mass is 486 g/mol. The van der Waals surface area contributed by atoms with E-state index in [1.54, 1.807) is 43.8 Å². The second kappa shape index (κ2) is 10.1. The van der Waals surface area contributed by atoms with Crippen LogP contribution in [0.1, 0.15) is 0 Å². The number of benzene rings is 2. The van der Waals surface area contributed by atoms with Crippen LogP contribution in [0, 0.1) is 0 Å². The molecule has 0 bridgehead atoms. The van der Waals surface area contributed by atoms with Gasteiger partial charge in [-0.25, -0.2) is 0 Å². The molecule has 1 amide bonds. The molecule has 2 aromatic carbocycles. The Hall–Kier alpha value is -3.01. The van der Waals surface area contributed by atoms with Crippen LogP contribution in [0.3, 0.4) is 0 Å². The summed E-state index contributed by atoms with van der Waals surface area (Å²) in [6, 6.07) is 16.6. The summed E-state index contributed by atoms with van der Waals surface area (Å²) in [6.45, 7) is 0. The van der Waals surface area contributed by atoms with Gasteiger partial charge in [-0.2, -0.15) is 0 Å². The van der Waals surface area contributed by atoms with Crippen LogP contribution in [0.2, 0.25) is 5.02 Å². The zero-order chi connectivity index (χ0) is 22.5. The average molecular weight is 487 g/mol. The van der Waals surface area contributed by atoms with E-state index in [9.17, 15) is 4.79 Å². The SMILES string of the molecule is COc1cc(NC(=O)CSc2nnc(-c3cccs3)n2-c2ccc(Cl)cc2)cc(OC)c1. The van der Waals surface area contributed by atoms with Crippen LogP contribution in [-0.2, 0) is 4.79 Å². The minimum absolute atomic E-state index is 0.149. The van der Waals surface area contributed by atoms with Crippen molar-refractivity contribution in [1.82, 2.24) is 14.8 Å². The van der Waals surface area contributed by atoms with Gasteiger partial charge in [0, 0.05) is 34.6 Å². The Bertz CT molecular complexity index is 1190. The summed E-state index contributed by atoms with van der Waals surface area (Å²) in [5.41, 5.74) is 1.45. The van der Waals surface area contributed by atoms with Crippen molar-refractivity contribution in [2.75, 3.05) is 25.3 Å². The molecule has 0 fully saturated rings. The quantitative estimate of drug-likeness (QED) is 0.336. The van der Waals surface area contributed by atoms with Gasteiger partial charge in [0.25, 0.3) is 0 Å². The van der Waals surface area contributed by atoms with Crippen molar-refractivity contribution in [3.05, 3.63) is 65.0 Å². The van der Waals surface area contributed by atoms with Gasteiger partial charge in [-0.15, -0.1) is 21.5 Å². The second-order valence-electron chi connectivity index (χ2n) is 6.53. The van der Waals surface area contributed by atoms with Gasteiger partial charge in [-0.05, 0) is 35.7 Å². The fourth-order valence-electron chi connectivity index (χ4n) is 2.96. The molecule has 0 aliphatic heterocycles. The molecule has 164 valence electrons. The van der Waals surface area contributed by atoms with Crippen molar-refractivity contribution >= 4 is 46.3 Å². The summed E-state index contributed by atoms with van der Waals surface area (Å²) in [4.78, 5) is 13.6. The number of anilines is 1. The van der Waals surface area contributed by atoms with Crippen molar-refractivity contribution in [3.8, 4) is 27.9 Å². The molecule has 1 N–H and O–H groups in total. The summed E-state index contributed by atoms with van der Waals surface area (Å²) in [5, 5.41) is 14.8. The molecule has 0 unspecified atom stereocenters. The number of rotatable bonds is 8.